The molecule has 1 aliphatic rings. The van der Waals surface area contributed by atoms with Crippen LogP contribution in [0.1, 0.15) is 31.0 Å². The first kappa shape index (κ1) is 12.0. The number of rotatable bonds is 3. The van der Waals surface area contributed by atoms with Crippen molar-refractivity contribution < 1.29 is 4.79 Å². The van der Waals surface area contributed by atoms with Crippen LogP contribution in [0.5, 0.6) is 0 Å². The number of pyridine rings is 1. The Labute approximate surface area is 102 Å². The van der Waals surface area contributed by atoms with Gasteiger partial charge in [0.2, 0.25) is 5.91 Å². The van der Waals surface area contributed by atoms with Crippen molar-refractivity contribution in [3.8, 4) is 0 Å². The number of carbonyl (C=O) groups excluding carboxylic acids is 1. The molecule has 1 unspecified atom stereocenters. The fourth-order valence-corrected chi connectivity index (χ4v) is 2.24. The highest BCUT2D eigenvalue weighted by Crippen LogP contribution is 2.15. The van der Waals surface area contributed by atoms with E-state index in [4.69, 9.17) is 5.73 Å². The van der Waals surface area contributed by atoms with E-state index in [1.165, 1.54) is 5.56 Å². The van der Waals surface area contributed by atoms with Gasteiger partial charge >= 0.3 is 0 Å². The summed E-state index contributed by atoms with van der Waals surface area (Å²) in [6, 6.07) is 3.68. The third kappa shape index (κ3) is 2.64. The molecule has 1 aromatic heterocycles. The summed E-state index contributed by atoms with van der Waals surface area (Å²) in [4.78, 5) is 18.1. The van der Waals surface area contributed by atoms with Crippen molar-refractivity contribution in [2.24, 2.45) is 5.73 Å². The van der Waals surface area contributed by atoms with Gasteiger partial charge in [-0.3, -0.25) is 9.78 Å². The molecule has 1 saturated heterocycles. The Balaban J connectivity index is 2.12. The molecule has 0 saturated carbocycles. The van der Waals surface area contributed by atoms with Crippen LogP contribution in [-0.2, 0) is 17.8 Å². The van der Waals surface area contributed by atoms with E-state index >= 15 is 0 Å². The van der Waals surface area contributed by atoms with Gasteiger partial charge in [0.05, 0.1) is 18.3 Å². The molecule has 0 aliphatic carbocycles. The Bertz CT molecular complexity index is 405. The van der Waals surface area contributed by atoms with E-state index in [9.17, 15) is 4.79 Å². The predicted octanol–water partition coefficient (Wildman–Crippen LogP) is 1.09. The lowest BCUT2D eigenvalue weighted by atomic mass is 10.0. The molecule has 17 heavy (non-hydrogen) atoms. The monoisotopic (exact) mass is 233 g/mol. The van der Waals surface area contributed by atoms with Gasteiger partial charge in [-0.2, -0.15) is 0 Å². The average molecular weight is 233 g/mol. The van der Waals surface area contributed by atoms with E-state index < -0.39 is 0 Å². The number of aryl methyl sites for hydroxylation is 1. The normalized spacial score (nSPS) is 20.7. The lowest BCUT2D eigenvalue weighted by molar-refractivity contribution is -0.135. The second-order valence-electron chi connectivity index (χ2n) is 4.47. The van der Waals surface area contributed by atoms with Gasteiger partial charge in [-0.1, -0.05) is 13.0 Å². The van der Waals surface area contributed by atoms with Crippen molar-refractivity contribution in [3.63, 3.8) is 0 Å². The van der Waals surface area contributed by atoms with Crippen molar-refractivity contribution >= 4 is 5.91 Å². The van der Waals surface area contributed by atoms with Gasteiger partial charge in [-0.25, -0.2) is 0 Å². The zero-order valence-corrected chi connectivity index (χ0v) is 10.2. The van der Waals surface area contributed by atoms with Gasteiger partial charge in [0.15, 0.2) is 0 Å². The van der Waals surface area contributed by atoms with Crippen LogP contribution in [0.2, 0.25) is 0 Å². The van der Waals surface area contributed by atoms with Crippen molar-refractivity contribution in [3.05, 3.63) is 29.6 Å². The van der Waals surface area contributed by atoms with Crippen molar-refractivity contribution in [1.82, 2.24) is 9.88 Å². The predicted molar refractivity (Wildman–Crippen MR) is 66.2 cm³/mol. The minimum Gasteiger partial charge on any atom is -0.335 e. The van der Waals surface area contributed by atoms with Gasteiger partial charge in [-0.05, 0) is 30.9 Å². The van der Waals surface area contributed by atoms with Crippen LogP contribution in [0.15, 0.2) is 18.3 Å². The standard InChI is InChI=1S/C13H19N3O/c1-2-10-5-3-7-15-12(10)9-16-8-4-6-11(14)13(16)17/h3,5,7,11H,2,4,6,8-9,14H2,1H3. The molecule has 1 atom stereocenters. The van der Waals surface area contributed by atoms with Crippen LogP contribution in [0.4, 0.5) is 0 Å². The first-order valence-corrected chi connectivity index (χ1v) is 6.19. The Morgan fingerprint density at radius 2 is 2.41 bits per heavy atom. The zero-order chi connectivity index (χ0) is 12.3. The Morgan fingerprint density at radius 3 is 3.18 bits per heavy atom. The van der Waals surface area contributed by atoms with E-state index in [2.05, 4.69) is 18.0 Å². The third-order valence-electron chi connectivity index (χ3n) is 3.28. The topological polar surface area (TPSA) is 59.2 Å². The molecular formula is C13H19N3O. The summed E-state index contributed by atoms with van der Waals surface area (Å²) in [5.74, 6) is 0.0592. The molecule has 2 rings (SSSR count). The average Bonchev–Trinajstić information content (AvgIpc) is 2.35. The molecule has 4 nitrogen and oxygen atoms in total. The van der Waals surface area contributed by atoms with Crippen molar-refractivity contribution in [2.75, 3.05) is 6.54 Å². The maximum absolute atomic E-state index is 11.9. The van der Waals surface area contributed by atoms with E-state index in [0.29, 0.717) is 6.54 Å². The molecule has 92 valence electrons. The second-order valence-corrected chi connectivity index (χ2v) is 4.47. The molecule has 1 aliphatic heterocycles. The number of nitrogens with two attached hydrogens (primary N) is 1. The van der Waals surface area contributed by atoms with Crippen LogP contribution >= 0.6 is 0 Å². The number of carbonyl (C=O) groups is 1. The fraction of sp³-hybridized carbons (Fsp3) is 0.538. The molecule has 4 heteroatoms. The van der Waals surface area contributed by atoms with Gasteiger partial charge in [0, 0.05) is 12.7 Å². The van der Waals surface area contributed by atoms with Crippen LogP contribution in [0, 0.1) is 0 Å². The molecule has 1 fully saturated rings. The molecule has 0 spiro atoms. The van der Waals surface area contributed by atoms with Crippen LogP contribution in [0.3, 0.4) is 0 Å². The Kier molecular flexibility index (Phi) is 3.74. The van der Waals surface area contributed by atoms with Crippen LogP contribution < -0.4 is 5.73 Å². The van der Waals surface area contributed by atoms with Gasteiger partial charge < -0.3 is 10.6 Å². The van der Waals surface area contributed by atoms with E-state index in [1.807, 2.05) is 11.0 Å². The molecule has 1 aromatic rings. The largest absolute Gasteiger partial charge is 0.335 e. The molecule has 0 radical (unpaired) electrons. The first-order valence-electron chi connectivity index (χ1n) is 6.19. The van der Waals surface area contributed by atoms with Crippen molar-refractivity contribution in [2.45, 2.75) is 38.8 Å². The molecule has 1 amide bonds. The summed E-state index contributed by atoms with van der Waals surface area (Å²) in [7, 11) is 0. The number of hydrogen-bond donors (Lipinski definition) is 1. The molecule has 0 bridgehead atoms. The second kappa shape index (κ2) is 5.27. The van der Waals surface area contributed by atoms with Gasteiger partial charge in [0.1, 0.15) is 0 Å². The lowest BCUT2D eigenvalue weighted by Crippen LogP contribution is -2.48. The highest BCUT2D eigenvalue weighted by atomic mass is 16.2. The summed E-state index contributed by atoms with van der Waals surface area (Å²) in [5, 5.41) is 0. The SMILES string of the molecule is CCc1cccnc1CN1CCCC(N)C1=O. The van der Waals surface area contributed by atoms with Gasteiger partial charge in [0.25, 0.3) is 0 Å². The Morgan fingerprint density at radius 1 is 1.59 bits per heavy atom. The fourth-order valence-electron chi connectivity index (χ4n) is 2.24. The summed E-state index contributed by atoms with van der Waals surface area (Å²) in [6.45, 7) is 3.49. The first-order chi connectivity index (χ1) is 8.22. The van der Waals surface area contributed by atoms with Crippen LogP contribution in [-0.4, -0.2) is 28.4 Å². The number of piperidine rings is 1. The molecular weight excluding hydrogens is 214 g/mol. The van der Waals surface area contributed by atoms with Crippen LogP contribution in [0.25, 0.3) is 0 Å². The quantitative estimate of drug-likeness (QED) is 0.850. The number of nitrogens with zero attached hydrogens (tertiary/aromatic N) is 2. The van der Waals surface area contributed by atoms with E-state index in [-0.39, 0.29) is 11.9 Å². The third-order valence-corrected chi connectivity index (χ3v) is 3.28. The maximum atomic E-state index is 11.9. The Hall–Kier alpha value is -1.42. The molecule has 0 aromatic carbocycles. The minimum absolute atomic E-state index is 0.0592. The zero-order valence-electron chi connectivity index (χ0n) is 10.2. The maximum Gasteiger partial charge on any atom is 0.239 e. The van der Waals surface area contributed by atoms with Gasteiger partial charge in [-0.15, -0.1) is 0 Å². The highest BCUT2D eigenvalue weighted by molar-refractivity contribution is 5.82. The van der Waals surface area contributed by atoms with Crippen molar-refractivity contribution in [1.29, 1.82) is 0 Å². The highest BCUT2D eigenvalue weighted by Gasteiger charge is 2.26. The smallest absolute Gasteiger partial charge is 0.239 e. The van der Waals surface area contributed by atoms with E-state index in [1.54, 1.807) is 6.20 Å². The summed E-state index contributed by atoms with van der Waals surface area (Å²) >= 11 is 0. The van der Waals surface area contributed by atoms with E-state index in [0.717, 1.165) is 31.5 Å². The number of amides is 1. The summed E-state index contributed by atoms with van der Waals surface area (Å²) in [6.07, 6.45) is 4.51. The lowest BCUT2D eigenvalue weighted by Gasteiger charge is -2.30. The molecule has 2 N–H and O–H groups in total. The summed E-state index contributed by atoms with van der Waals surface area (Å²) < 4.78 is 0. The number of likely N-dealkylation sites (tertiary alicyclic amines) is 1. The number of hydrogen-bond acceptors (Lipinski definition) is 3. The minimum atomic E-state index is -0.322. The molecule has 2 heterocycles. The summed E-state index contributed by atoms with van der Waals surface area (Å²) in [5.41, 5.74) is 7.99. The number of aromatic nitrogens is 1.